The molecule has 0 aromatic heterocycles. The SMILES string of the molecule is CC1CC[N-]CC1.[Pa]. The molecule has 0 atom stereocenters. The molecule has 0 unspecified atom stereocenters. The molecule has 1 radical (unpaired) electrons. The van der Waals surface area contributed by atoms with E-state index >= 15 is 0 Å². The van der Waals surface area contributed by atoms with Crippen molar-refractivity contribution in [3.63, 3.8) is 0 Å². The summed E-state index contributed by atoms with van der Waals surface area (Å²) >= 11 is 0. The third-order valence-corrected chi connectivity index (χ3v) is 1.56. The molecule has 1 rings (SSSR count). The zero-order valence-electron chi connectivity index (χ0n) is 5.43. The summed E-state index contributed by atoms with van der Waals surface area (Å²) in [7, 11) is 0. The van der Waals surface area contributed by atoms with E-state index in [1.165, 1.54) is 12.8 Å². The van der Waals surface area contributed by atoms with Crippen molar-refractivity contribution in [1.82, 2.24) is 0 Å². The Morgan fingerprint density at radius 3 is 2.00 bits per heavy atom. The van der Waals surface area contributed by atoms with E-state index in [2.05, 4.69) is 12.2 Å². The molecule has 1 aliphatic rings. The molecule has 8 heavy (non-hydrogen) atoms. The van der Waals surface area contributed by atoms with E-state index in [0.29, 0.717) is 0 Å². The Balaban J connectivity index is 0.000000490. The van der Waals surface area contributed by atoms with Crippen molar-refractivity contribution in [2.75, 3.05) is 13.1 Å². The molecular weight excluding hydrogens is 317 g/mol. The Morgan fingerprint density at radius 2 is 1.75 bits per heavy atom. The van der Waals surface area contributed by atoms with Crippen LogP contribution in [-0.4, -0.2) is 13.1 Å². The van der Waals surface area contributed by atoms with Crippen LogP contribution in [0, 0.1) is 38.2 Å². The van der Waals surface area contributed by atoms with Gasteiger partial charge in [-0.1, -0.05) is 19.8 Å². The third-order valence-electron chi connectivity index (χ3n) is 1.56. The summed E-state index contributed by atoms with van der Waals surface area (Å²) in [5.74, 6) is 0.942. The number of piperidine rings is 1. The molecular formula is C6H12NPa-. The first-order chi connectivity index (χ1) is 3.39. The van der Waals surface area contributed by atoms with Gasteiger partial charge in [-0.3, -0.25) is 0 Å². The van der Waals surface area contributed by atoms with Crippen LogP contribution in [0.15, 0.2) is 0 Å². The second-order valence-corrected chi connectivity index (χ2v) is 2.35. The molecule has 1 fully saturated rings. The first-order valence-electron chi connectivity index (χ1n) is 3.03. The predicted octanol–water partition coefficient (Wildman–Crippen LogP) is 1.79. The van der Waals surface area contributed by atoms with E-state index in [-0.39, 0.29) is 32.3 Å². The molecule has 45 valence electrons. The van der Waals surface area contributed by atoms with E-state index in [9.17, 15) is 0 Å². The molecule has 0 amide bonds. The van der Waals surface area contributed by atoms with Crippen LogP contribution in [0.4, 0.5) is 0 Å². The van der Waals surface area contributed by atoms with Crippen LogP contribution in [0.5, 0.6) is 0 Å². The maximum atomic E-state index is 4.23. The topological polar surface area (TPSA) is 14.1 Å². The maximum absolute atomic E-state index is 4.23. The Labute approximate surface area is 76.1 Å². The molecule has 1 nitrogen and oxygen atoms in total. The van der Waals surface area contributed by atoms with Crippen LogP contribution in [0.3, 0.4) is 0 Å². The fraction of sp³-hybridized carbons (Fsp3) is 1.00. The molecule has 1 aliphatic heterocycles. The van der Waals surface area contributed by atoms with Crippen LogP contribution < -0.4 is 0 Å². The third kappa shape index (κ3) is 3.15. The van der Waals surface area contributed by atoms with Crippen molar-refractivity contribution in [3.05, 3.63) is 5.32 Å². The Morgan fingerprint density at radius 1 is 1.25 bits per heavy atom. The summed E-state index contributed by atoms with van der Waals surface area (Å²) in [6.07, 6.45) is 2.64. The summed E-state index contributed by atoms with van der Waals surface area (Å²) < 4.78 is 0. The second kappa shape index (κ2) is 4.89. The first-order valence-corrected chi connectivity index (χ1v) is 3.03. The Bertz CT molecular complexity index is 50.5. The van der Waals surface area contributed by atoms with Crippen LogP contribution in [-0.2, 0) is 0 Å². The first kappa shape index (κ1) is 9.05. The molecule has 0 N–H and O–H groups in total. The van der Waals surface area contributed by atoms with Crippen molar-refractivity contribution in [2.45, 2.75) is 19.8 Å². The molecule has 0 bridgehead atoms. The summed E-state index contributed by atoms with van der Waals surface area (Å²) in [5.41, 5.74) is 0. The van der Waals surface area contributed by atoms with Crippen LogP contribution in [0.2, 0.25) is 0 Å². The van der Waals surface area contributed by atoms with Gasteiger partial charge in [0.15, 0.2) is 0 Å². The van der Waals surface area contributed by atoms with Gasteiger partial charge in [0, 0.05) is 32.3 Å². The van der Waals surface area contributed by atoms with Crippen molar-refractivity contribution >= 4 is 0 Å². The van der Waals surface area contributed by atoms with Gasteiger partial charge in [-0.2, -0.15) is 0 Å². The zero-order valence-corrected chi connectivity index (χ0v) is 10.2. The average Bonchev–Trinajstić information content (AvgIpc) is 1.69. The Hall–Kier alpha value is 1.05. The fourth-order valence-corrected chi connectivity index (χ4v) is 0.879. The molecule has 0 spiro atoms. The van der Waals surface area contributed by atoms with Crippen LogP contribution >= 0.6 is 0 Å². The van der Waals surface area contributed by atoms with E-state index < -0.39 is 0 Å². The largest absolute Gasteiger partial charge is 0.662 e. The minimum Gasteiger partial charge on any atom is -0.662 e. The molecule has 0 aliphatic carbocycles. The number of nitrogens with zero attached hydrogens (tertiary/aromatic N) is 1. The minimum absolute atomic E-state index is 0. The van der Waals surface area contributed by atoms with Crippen molar-refractivity contribution in [3.8, 4) is 0 Å². The summed E-state index contributed by atoms with van der Waals surface area (Å²) in [6, 6.07) is 0. The average molecular weight is 329 g/mol. The maximum Gasteiger partial charge on any atom is 0 e. The standard InChI is InChI=1S/C6H12N.Pa/c1-6-2-4-7-5-3-6;/h6H,2-5H2,1H3;/q-1;. The smallest absolute Gasteiger partial charge is 0 e. The van der Waals surface area contributed by atoms with Gasteiger partial charge in [0.25, 0.3) is 0 Å². The van der Waals surface area contributed by atoms with Crippen molar-refractivity contribution in [1.29, 1.82) is 0 Å². The quantitative estimate of drug-likeness (QED) is 0.643. The van der Waals surface area contributed by atoms with Gasteiger partial charge in [-0.25, -0.2) is 0 Å². The van der Waals surface area contributed by atoms with Gasteiger partial charge in [0.1, 0.15) is 0 Å². The van der Waals surface area contributed by atoms with Crippen molar-refractivity contribution in [2.24, 2.45) is 5.92 Å². The molecule has 2 heteroatoms. The molecule has 1 heterocycles. The van der Waals surface area contributed by atoms with Crippen LogP contribution in [0.25, 0.3) is 5.32 Å². The summed E-state index contributed by atoms with van der Waals surface area (Å²) in [5, 5.41) is 4.23. The van der Waals surface area contributed by atoms with Gasteiger partial charge in [0.05, 0.1) is 0 Å². The normalized spacial score (nSPS) is 22.1. The number of hydrogen-bond donors (Lipinski definition) is 0. The van der Waals surface area contributed by atoms with Gasteiger partial charge >= 0.3 is 0 Å². The molecule has 0 aromatic carbocycles. The minimum atomic E-state index is 0. The monoisotopic (exact) mass is 329 g/mol. The summed E-state index contributed by atoms with van der Waals surface area (Å²) in [4.78, 5) is 0. The number of hydrogen-bond acceptors (Lipinski definition) is 0. The van der Waals surface area contributed by atoms with E-state index in [1.807, 2.05) is 0 Å². The van der Waals surface area contributed by atoms with E-state index in [1.54, 1.807) is 0 Å². The molecule has 0 saturated carbocycles. The van der Waals surface area contributed by atoms with Gasteiger partial charge in [-0.15, -0.1) is 13.1 Å². The van der Waals surface area contributed by atoms with Gasteiger partial charge in [0.2, 0.25) is 0 Å². The van der Waals surface area contributed by atoms with Crippen LogP contribution in [0.1, 0.15) is 19.8 Å². The number of rotatable bonds is 0. The summed E-state index contributed by atoms with van der Waals surface area (Å²) in [6.45, 7) is 4.52. The molecule has 1 saturated heterocycles. The van der Waals surface area contributed by atoms with Gasteiger partial charge < -0.3 is 5.32 Å². The van der Waals surface area contributed by atoms with Gasteiger partial charge in [-0.05, 0) is 5.92 Å². The zero-order chi connectivity index (χ0) is 5.11. The van der Waals surface area contributed by atoms with E-state index in [4.69, 9.17) is 0 Å². The molecule has 0 aromatic rings. The Kier molecular flexibility index (Phi) is 5.53. The van der Waals surface area contributed by atoms with E-state index in [0.717, 1.165) is 19.0 Å². The second-order valence-electron chi connectivity index (χ2n) is 2.35. The fourth-order valence-electron chi connectivity index (χ4n) is 0.879. The van der Waals surface area contributed by atoms with Crippen molar-refractivity contribution < 1.29 is 32.3 Å². The predicted molar refractivity (Wildman–Crippen MR) is 31.5 cm³/mol.